The van der Waals surface area contributed by atoms with Gasteiger partial charge in [-0.05, 0) is 29.6 Å². The molecule has 0 bridgehead atoms. The molecule has 0 unspecified atom stereocenters. The van der Waals surface area contributed by atoms with Crippen molar-refractivity contribution in [3.05, 3.63) is 23.2 Å². The molecular formula is C17H30O4Si. The average molecular weight is 327 g/mol. The van der Waals surface area contributed by atoms with E-state index >= 15 is 0 Å². The molecule has 0 spiro atoms. The number of hydrogen-bond donors (Lipinski definition) is 0. The van der Waals surface area contributed by atoms with E-state index in [1.165, 1.54) is 7.11 Å². The number of esters is 1. The summed E-state index contributed by atoms with van der Waals surface area (Å²) in [7, 11) is -0.566. The summed E-state index contributed by atoms with van der Waals surface area (Å²) in [6.07, 6.45) is 0. The van der Waals surface area contributed by atoms with Crippen LogP contribution in [0.2, 0.25) is 16.6 Å². The predicted molar refractivity (Wildman–Crippen MR) is 90.6 cm³/mol. The van der Waals surface area contributed by atoms with Crippen molar-refractivity contribution in [3.63, 3.8) is 0 Å². The lowest BCUT2D eigenvalue weighted by Crippen LogP contribution is -2.47. The molecule has 5 heteroatoms. The Hall–Kier alpha value is -1.07. The smallest absolute Gasteiger partial charge is 0.373 e. The Labute approximate surface area is 135 Å². The lowest BCUT2D eigenvalue weighted by atomic mass is 10.2. The van der Waals surface area contributed by atoms with Crippen molar-refractivity contribution in [2.24, 2.45) is 0 Å². The van der Waals surface area contributed by atoms with Gasteiger partial charge in [-0.3, -0.25) is 0 Å². The monoisotopic (exact) mass is 326 g/mol. The Morgan fingerprint density at radius 1 is 1.14 bits per heavy atom. The number of rotatable bonds is 7. The Balaban J connectivity index is 2.99. The summed E-state index contributed by atoms with van der Waals surface area (Å²) in [5.41, 5.74) is 2.51. The number of carbonyl (C=O) groups is 1. The first-order valence-corrected chi connectivity index (χ1v) is 10.1. The van der Waals surface area contributed by atoms with E-state index in [0.717, 1.165) is 11.3 Å². The molecule has 22 heavy (non-hydrogen) atoms. The van der Waals surface area contributed by atoms with Gasteiger partial charge in [-0.1, -0.05) is 41.5 Å². The third kappa shape index (κ3) is 3.63. The molecule has 0 saturated heterocycles. The number of carbonyl (C=O) groups excluding carboxylic acids is 1. The maximum atomic E-state index is 11.6. The van der Waals surface area contributed by atoms with Crippen LogP contribution in [0, 0.1) is 6.92 Å². The van der Waals surface area contributed by atoms with Gasteiger partial charge >= 0.3 is 5.97 Å². The van der Waals surface area contributed by atoms with Crippen LogP contribution in [0.4, 0.5) is 0 Å². The van der Waals surface area contributed by atoms with E-state index in [4.69, 9.17) is 13.6 Å². The normalized spacial score (nSPS) is 12.5. The highest BCUT2D eigenvalue weighted by Crippen LogP contribution is 2.42. The highest BCUT2D eigenvalue weighted by Gasteiger charge is 2.45. The maximum Gasteiger partial charge on any atom is 0.373 e. The van der Waals surface area contributed by atoms with E-state index in [2.05, 4.69) is 41.5 Å². The second-order valence-corrected chi connectivity index (χ2v) is 12.2. The van der Waals surface area contributed by atoms with Crippen LogP contribution in [-0.2, 0) is 15.8 Å². The minimum absolute atomic E-state index is 0.240. The molecule has 0 radical (unpaired) electrons. The van der Waals surface area contributed by atoms with Gasteiger partial charge in [0.1, 0.15) is 5.76 Å². The molecule has 0 atom stereocenters. The molecule has 0 aliphatic heterocycles. The Bertz CT molecular complexity index is 481. The van der Waals surface area contributed by atoms with Crippen LogP contribution in [0.1, 0.15) is 63.4 Å². The SMILES string of the molecule is COC(=O)c1cc(CO[Si](C(C)C)(C(C)C)C(C)C)c(C)o1. The van der Waals surface area contributed by atoms with Crippen molar-refractivity contribution in [3.8, 4) is 0 Å². The van der Waals surface area contributed by atoms with Gasteiger partial charge in [0.05, 0.1) is 13.7 Å². The average Bonchev–Trinajstić information content (AvgIpc) is 2.79. The molecule has 1 aromatic heterocycles. The Morgan fingerprint density at radius 2 is 1.64 bits per heavy atom. The summed E-state index contributed by atoms with van der Waals surface area (Å²) < 4.78 is 16.7. The number of aryl methyl sites for hydroxylation is 1. The third-order valence-electron chi connectivity index (χ3n) is 4.59. The van der Waals surface area contributed by atoms with Crippen LogP contribution in [0.3, 0.4) is 0 Å². The molecule has 0 aliphatic carbocycles. The van der Waals surface area contributed by atoms with Gasteiger partial charge in [0, 0.05) is 5.56 Å². The van der Waals surface area contributed by atoms with Crippen molar-refractivity contribution in [1.82, 2.24) is 0 Å². The molecule has 0 aliphatic rings. The van der Waals surface area contributed by atoms with E-state index in [0.29, 0.717) is 23.2 Å². The Morgan fingerprint density at radius 3 is 2.05 bits per heavy atom. The van der Waals surface area contributed by atoms with Crippen LogP contribution in [0.25, 0.3) is 0 Å². The van der Waals surface area contributed by atoms with Crippen molar-refractivity contribution >= 4 is 14.3 Å². The van der Waals surface area contributed by atoms with Crippen LogP contribution < -0.4 is 0 Å². The van der Waals surface area contributed by atoms with Crippen molar-refractivity contribution < 1.29 is 18.4 Å². The van der Waals surface area contributed by atoms with E-state index in [-0.39, 0.29) is 5.76 Å². The van der Waals surface area contributed by atoms with Gasteiger partial charge in [-0.2, -0.15) is 0 Å². The van der Waals surface area contributed by atoms with Crippen LogP contribution in [-0.4, -0.2) is 21.4 Å². The van der Waals surface area contributed by atoms with Crippen LogP contribution in [0.5, 0.6) is 0 Å². The first kappa shape index (κ1) is 19.0. The molecule has 1 aromatic rings. The highest BCUT2D eigenvalue weighted by molar-refractivity contribution is 6.77. The third-order valence-corrected chi connectivity index (χ3v) is 10.7. The maximum absolute atomic E-state index is 11.6. The summed E-state index contributed by atoms with van der Waals surface area (Å²) >= 11 is 0. The number of methoxy groups -OCH3 is 1. The zero-order valence-corrected chi connectivity index (χ0v) is 16.1. The van der Waals surface area contributed by atoms with E-state index in [9.17, 15) is 4.79 Å². The van der Waals surface area contributed by atoms with E-state index in [1.807, 2.05) is 6.92 Å². The molecule has 1 heterocycles. The minimum Gasteiger partial charge on any atom is -0.463 e. The fraction of sp³-hybridized carbons (Fsp3) is 0.706. The zero-order valence-electron chi connectivity index (χ0n) is 15.1. The van der Waals surface area contributed by atoms with Gasteiger partial charge in [0.25, 0.3) is 0 Å². The summed E-state index contributed by atoms with van der Waals surface area (Å²) in [6, 6.07) is 1.74. The zero-order chi connectivity index (χ0) is 17.1. The van der Waals surface area contributed by atoms with Crippen LogP contribution in [0.15, 0.2) is 10.5 Å². The van der Waals surface area contributed by atoms with Gasteiger partial charge in [0.2, 0.25) is 14.1 Å². The number of ether oxygens (including phenoxy) is 1. The molecule has 0 amide bonds. The highest BCUT2D eigenvalue weighted by atomic mass is 28.4. The first-order valence-electron chi connectivity index (χ1n) is 7.98. The molecule has 1 rings (SSSR count). The molecule has 0 fully saturated rings. The van der Waals surface area contributed by atoms with Crippen molar-refractivity contribution in [2.45, 2.75) is 71.7 Å². The van der Waals surface area contributed by atoms with Gasteiger partial charge in [0.15, 0.2) is 0 Å². The topological polar surface area (TPSA) is 48.7 Å². The quantitative estimate of drug-likeness (QED) is 0.518. The van der Waals surface area contributed by atoms with Crippen LogP contribution >= 0.6 is 0 Å². The minimum atomic E-state index is -1.92. The van der Waals surface area contributed by atoms with E-state index < -0.39 is 14.3 Å². The standard InChI is InChI=1S/C17H30O4Si/c1-11(2)22(12(3)4,13(5)6)20-10-15-9-16(17(18)19-8)21-14(15)7/h9,11-13H,10H2,1-8H3. The van der Waals surface area contributed by atoms with Gasteiger partial charge < -0.3 is 13.6 Å². The molecule has 0 aromatic carbocycles. The molecular weight excluding hydrogens is 296 g/mol. The fourth-order valence-corrected chi connectivity index (χ4v) is 8.97. The lowest BCUT2D eigenvalue weighted by molar-refractivity contribution is 0.0563. The number of furan rings is 1. The molecule has 0 saturated carbocycles. The first-order chi connectivity index (χ1) is 10.2. The summed E-state index contributed by atoms with van der Waals surface area (Å²) in [6.45, 7) is 15.9. The molecule has 4 nitrogen and oxygen atoms in total. The van der Waals surface area contributed by atoms with Gasteiger partial charge in [-0.15, -0.1) is 0 Å². The lowest BCUT2D eigenvalue weighted by Gasteiger charge is -2.42. The molecule has 0 N–H and O–H groups in total. The van der Waals surface area contributed by atoms with Crippen molar-refractivity contribution in [2.75, 3.05) is 7.11 Å². The summed E-state index contributed by atoms with van der Waals surface area (Å²) in [4.78, 5) is 11.6. The van der Waals surface area contributed by atoms with E-state index in [1.54, 1.807) is 6.07 Å². The molecule has 126 valence electrons. The second-order valence-electron chi connectivity index (χ2n) is 6.79. The Kier molecular flexibility index (Phi) is 6.44. The number of hydrogen-bond acceptors (Lipinski definition) is 4. The second kappa shape index (κ2) is 7.46. The largest absolute Gasteiger partial charge is 0.463 e. The summed E-state index contributed by atoms with van der Waals surface area (Å²) in [5, 5.41) is 0. The van der Waals surface area contributed by atoms with Gasteiger partial charge in [-0.25, -0.2) is 4.79 Å². The predicted octanol–water partition coefficient (Wildman–Crippen LogP) is 5.07. The fourth-order valence-electron chi connectivity index (χ4n) is 3.57. The van der Waals surface area contributed by atoms with Crippen molar-refractivity contribution in [1.29, 1.82) is 0 Å². The summed E-state index contributed by atoms with van der Waals surface area (Å²) in [5.74, 6) is 0.513.